The molecule has 8 heteroatoms. The Morgan fingerprint density at radius 1 is 1.10 bits per heavy atom. The van der Waals surface area contributed by atoms with Crippen molar-refractivity contribution in [1.29, 1.82) is 0 Å². The molecule has 1 unspecified atom stereocenters. The van der Waals surface area contributed by atoms with Crippen molar-refractivity contribution in [3.63, 3.8) is 0 Å². The highest BCUT2D eigenvalue weighted by Gasteiger charge is 2.33. The minimum Gasteiger partial charge on any atom is -0.405 e. The van der Waals surface area contributed by atoms with E-state index in [2.05, 4.69) is 9.72 Å². The molecule has 0 radical (unpaired) electrons. The molecule has 2 heterocycles. The van der Waals surface area contributed by atoms with E-state index in [-0.39, 0.29) is 29.9 Å². The molecule has 1 aliphatic heterocycles. The van der Waals surface area contributed by atoms with Crippen LogP contribution in [0.1, 0.15) is 43.7 Å². The van der Waals surface area contributed by atoms with Crippen molar-refractivity contribution < 1.29 is 27.4 Å². The maximum atomic E-state index is 12.7. The quantitative estimate of drug-likeness (QED) is 0.655. The van der Waals surface area contributed by atoms with Gasteiger partial charge in [-0.25, -0.2) is 0 Å². The largest absolute Gasteiger partial charge is 0.573 e. The van der Waals surface area contributed by atoms with Gasteiger partial charge in [-0.2, -0.15) is 0 Å². The monoisotopic (exact) mass is 434 g/mol. The van der Waals surface area contributed by atoms with Crippen molar-refractivity contribution in [2.75, 3.05) is 19.8 Å². The molecule has 0 bridgehead atoms. The highest BCUT2D eigenvalue weighted by atomic mass is 19.4. The molecule has 1 amide bonds. The smallest absolute Gasteiger partial charge is 0.405 e. The van der Waals surface area contributed by atoms with Gasteiger partial charge in [-0.3, -0.25) is 9.78 Å². The lowest BCUT2D eigenvalue weighted by Crippen LogP contribution is -2.46. The Kier molecular flexibility index (Phi) is 6.46. The lowest BCUT2D eigenvalue weighted by molar-refractivity contribution is -0.274. The third-order valence-corrected chi connectivity index (χ3v) is 5.94. The van der Waals surface area contributed by atoms with Gasteiger partial charge in [0, 0.05) is 18.3 Å². The number of carbonyl (C=O) groups excluding carboxylic acids is 1. The Morgan fingerprint density at radius 3 is 2.58 bits per heavy atom. The topological polar surface area (TPSA) is 51.7 Å². The minimum absolute atomic E-state index is 0.0326. The molecule has 1 atom stereocenters. The van der Waals surface area contributed by atoms with Crippen molar-refractivity contribution >= 4 is 5.91 Å². The zero-order chi connectivity index (χ0) is 21.8. The molecule has 1 aliphatic carbocycles. The van der Waals surface area contributed by atoms with Gasteiger partial charge in [0.15, 0.2) is 0 Å². The normalized spacial score (nSPS) is 20.7. The zero-order valence-electron chi connectivity index (χ0n) is 17.1. The van der Waals surface area contributed by atoms with Gasteiger partial charge in [0.1, 0.15) is 12.4 Å². The van der Waals surface area contributed by atoms with Crippen LogP contribution in [0.3, 0.4) is 0 Å². The van der Waals surface area contributed by atoms with Crippen LogP contribution >= 0.6 is 0 Å². The number of hydrogen-bond acceptors (Lipinski definition) is 4. The predicted octanol–water partition coefficient (Wildman–Crippen LogP) is 5.13. The standard InChI is InChI=1S/C23H25F3N2O3/c24-23(25,26)31-21-9-5-4-8-18(21)19-11-10-17(12-27-19)20-14-30-15-22(29)28(20)13-16-6-2-1-3-7-16/h4-5,8-12,16,20H,1-3,6-7,13-15H2. The molecule has 1 aromatic heterocycles. The lowest BCUT2D eigenvalue weighted by Gasteiger charge is -2.38. The van der Waals surface area contributed by atoms with Crippen LogP contribution in [0, 0.1) is 5.92 Å². The van der Waals surface area contributed by atoms with Crippen LogP contribution in [-0.2, 0) is 9.53 Å². The zero-order valence-corrected chi connectivity index (χ0v) is 17.1. The van der Waals surface area contributed by atoms with Gasteiger partial charge in [0.2, 0.25) is 5.91 Å². The molecule has 2 fully saturated rings. The second-order valence-corrected chi connectivity index (χ2v) is 8.10. The molecule has 2 aromatic rings. The third kappa shape index (κ3) is 5.36. The van der Waals surface area contributed by atoms with Crippen LogP contribution in [0.5, 0.6) is 5.75 Å². The SMILES string of the molecule is O=C1COCC(c2ccc(-c3ccccc3OC(F)(F)F)nc2)N1CC1CCCCC1. The number of halogens is 3. The van der Waals surface area contributed by atoms with Crippen molar-refractivity contribution in [2.24, 2.45) is 5.92 Å². The van der Waals surface area contributed by atoms with Gasteiger partial charge in [0.05, 0.1) is 18.3 Å². The predicted molar refractivity (Wildman–Crippen MR) is 108 cm³/mol. The number of carbonyl (C=O) groups is 1. The van der Waals surface area contributed by atoms with Crippen molar-refractivity contribution in [1.82, 2.24) is 9.88 Å². The minimum atomic E-state index is -4.78. The van der Waals surface area contributed by atoms with Crippen LogP contribution in [0.25, 0.3) is 11.3 Å². The maximum absolute atomic E-state index is 12.7. The number of morpholine rings is 1. The number of pyridine rings is 1. The fraction of sp³-hybridized carbons (Fsp3) is 0.478. The lowest BCUT2D eigenvalue weighted by atomic mass is 9.88. The number of ether oxygens (including phenoxy) is 2. The van der Waals surface area contributed by atoms with Crippen LogP contribution in [0.15, 0.2) is 42.6 Å². The molecule has 166 valence electrons. The molecule has 31 heavy (non-hydrogen) atoms. The van der Waals surface area contributed by atoms with Crippen molar-refractivity contribution in [2.45, 2.75) is 44.5 Å². The van der Waals surface area contributed by atoms with Gasteiger partial charge in [-0.15, -0.1) is 13.2 Å². The molecule has 0 spiro atoms. The van der Waals surface area contributed by atoms with Crippen LogP contribution in [-0.4, -0.2) is 41.9 Å². The number of para-hydroxylation sites is 1. The Hall–Kier alpha value is -2.61. The fourth-order valence-electron chi connectivity index (χ4n) is 4.41. The first kappa shape index (κ1) is 21.6. The molecule has 0 N–H and O–H groups in total. The number of alkyl halides is 3. The number of aromatic nitrogens is 1. The maximum Gasteiger partial charge on any atom is 0.573 e. The average Bonchev–Trinajstić information content (AvgIpc) is 2.75. The Labute approximate surface area is 179 Å². The van der Waals surface area contributed by atoms with Gasteiger partial charge < -0.3 is 14.4 Å². The first-order chi connectivity index (χ1) is 14.9. The van der Waals surface area contributed by atoms with E-state index < -0.39 is 6.36 Å². The van der Waals surface area contributed by atoms with E-state index in [4.69, 9.17) is 4.74 Å². The Morgan fingerprint density at radius 2 is 1.87 bits per heavy atom. The summed E-state index contributed by atoms with van der Waals surface area (Å²) in [5, 5.41) is 0. The van der Waals surface area contributed by atoms with Crippen molar-refractivity contribution in [3.05, 3.63) is 48.2 Å². The summed E-state index contributed by atoms with van der Waals surface area (Å²) in [6, 6.07) is 9.12. The highest BCUT2D eigenvalue weighted by molar-refractivity contribution is 5.78. The van der Waals surface area contributed by atoms with Crippen LogP contribution < -0.4 is 4.74 Å². The second kappa shape index (κ2) is 9.26. The number of hydrogen-bond donors (Lipinski definition) is 0. The van der Waals surface area contributed by atoms with E-state index in [1.165, 1.54) is 37.5 Å². The summed E-state index contributed by atoms with van der Waals surface area (Å²) in [6.45, 7) is 1.17. The fourth-order valence-corrected chi connectivity index (χ4v) is 4.41. The number of benzene rings is 1. The van der Waals surface area contributed by atoms with E-state index in [1.807, 2.05) is 4.90 Å². The first-order valence-electron chi connectivity index (χ1n) is 10.6. The van der Waals surface area contributed by atoms with Gasteiger partial charge in [-0.05, 0) is 42.5 Å². The molecular formula is C23H25F3N2O3. The van der Waals surface area contributed by atoms with E-state index in [1.54, 1.807) is 24.4 Å². The summed E-state index contributed by atoms with van der Waals surface area (Å²) in [5.41, 5.74) is 1.42. The van der Waals surface area contributed by atoms with E-state index >= 15 is 0 Å². The summed E-state index contributed by atoms with van der Waals surface area (Å²) in [6.07, 6.45) is 2.74. The van der Waals surface area contributed by atoms with E-state index in [0.717, 1.165) is 18.4 Å². The van der Waals surface area contributed by atoms with Gasteiger partial charge in [-0.1, -0.05) is 37.5 Å². The number of amides is 1. The first-order valence-corrected chi connectivity index (χ1v) is 10.6. The number of rotatable bonds is 5. The Bertz CT molecular complexity index is 896. The summed E-state index contributed by atoms with van der Waals surface area (Å²) < 4.78 is 47.8. The summed E-state index contributed by atoms with van der Waals surface area (Å²) in [5.74, 6) is 0.164. The second-order valence-electron chi connectivity index (χ2n) is 8.10. The molecule has 1 saturated carbocycles. The summed E-state index contributed by atoms with van der Waals surface area (Å²) in [7, 11) is 0. The molecule has 1 saturated heterocycles. The van der Waals surface area contributed by atoms with Crippen LogP contribution in [0.4, 0.5) is 13.2 Å². The highest BCUT2D eigenvalue weighted by Crippen LogP contribution is 2.34. The summed E-state index contributed by atoms with van der Waals surface area (Å²) in [4.78, 5) is 18.8. The molecule has 1 aromatic carbocycles. The summed E-state index contributed by atoms with van der Waals surface area (Å²) >= 11 is 0. The molecule has 2 aliphatic rings. The Balaban J connectivity index is 1.55. The molecular weight excluding hydrogens is 409 g/mol. The third-order valence-electron chi connectivity index (χ3n) is 5.94. The van der Waals surface area contributed by atoms with Crippen molar-refractivity contribution in [3.8, 4) is 17.0 Å². The van der Waals surface area contributed by atoms with Gasteiger partial charge in [0.25, 0.3) is 0 Å². The van der Waals surface area contributed by atoms with E-state index in [0.29, 0.717) is 24.8 Å². The molecule has 5 nitrogen and oxygen atoms in total. The average molecular weight is 434 g/mol. The van der Waals surface area contributed by atoms with Gasteiger partial charge >= 0.3 is 6.36 Å². The van der Waals surface area contributed by atoms with E-state index in [9.17, 15) is 18.0 Å². The number of nitrogens with zero attached hydrogens (tertiary/aromatic N) is 2. The van der Waals surface area contributed by atoms with Crippen LogP contribution in [0.2, 0.25) is 0 Å². The molecule has 4 rings (SSSR count).